The molecule has 0 aliphatic rings. The number of nitrogens with one attached hydrogen (secondary N) is 2. The third kappa shape index (κ3) is 8.03. The first-order chi connectivity index (χ1) is 13.1. The number of nitrogens with zero attached hydrogens (tertiary/aromatic N) is 1. The SMILES string of the molecule is CN=C(NCCc1ccccc1OC)NCc1cccc(OCC(N)=O)c1.I. The number of rotatable bonds is 9. The van der Waals surface area contributed by atoms with E-state index in [0.29, 0.717) is 18.3 Å². The van der Waals surface area contributed by atoms with Crippen LogP contribution in [0.15, 0.2) is 53.5 Å². The number of carbonyl (C=O) groups is 1. The molecule has 0 spiro atoms. The Kier molecular flexibility index (Phi) is 10.8. The normalized spacial score (nSPS) is 10.6. The monoisotopic (exact) mass is 498 g/mol. The maximum atomic E-state index is 10.8. The highest BCUT2D eigenvalue weighted by atomic mass is 127. The van der Waals surface area contributed by atoms with Gasteiger partial charge in [0.15, 0.2) is 12.6 Å². The van der Waals surface area contributed by atoms with Gasteiger partial charge in [-0.05, 0) is 35.7 Å². The number of ether oxygens (including phenoxy) is 2. The minimum atomic E-state index is -0.502. The fourth-order valence-corrected chi connectivity index (χ4v) is 2.53. The molecule has 0 aliphatic heterocycles. The topological polar surface area (TPSA) is 98.0 Å². The van der Waals surface area contributed by atoms with Crippen LogP contribution in [0, 0.1) is 0 Å². The van der Waals surface area contributed by atoms with E-state index in [9.17, 15) is 4.79 Å². The number of nitrogens with two attached hydrogens (primary N) is 1. The van der Waals surface area contributed by atoms with Gasteiger partial charge in [0.1, 0.15) is 11.5 Å². The smallest absolute Gasteiger partial charge is 0.255 e. The minimum Gasteiger partial charge on any atom is -0.496 e. The first kappa shape index (κ1) is 23.5. The lowest BCUT2D eigenvalue weighted by Gasteiger charge is -2.13. The van der Waals surface area contributed by atoms with Gasteiger partial charge in [-0.25, -0.2) is 0 Å². The highest BCUT2D eigenvalue weighted by Gasteiger charge is 2.04. The summed E-state index contributed by atoms with van der Waals surface area (Å²) in [7, 11) is 3.40. The second-order valence-electron chi connectivity index (χ2n) is 5.82. The van der Waals surface area contributed by atoms with E-state index in [0.717, 1.165) is 29.8 Å². The molecule has 4 N–H and O–H groups in total. The highest BCUT2D eigenvalue weighted by molar-refractivity contribution is 14.0. The molecule has 0 aliphatic carbocycles. The van der Waals surface area contributed by atoms with Crippen LogP contribution in [0.4, 0.5) is 0 Å². The predicted molar refractivity (Wildman–Crippen MR) is 121 cm³/mol. The molecular formula is C20H27IN4O3. The van der Waals surface area contributed by atoms with Gasteiger partial charge in [0.2, 0.25) is 0 Å². The van der Waals surface area contributed by atoms with E-state index in [2.05, 4.69) is 15.6 Å². The van der Waals surface area contributed by atoms with Crippen molar-refractivity contribution in [1.29, 1.82) is 0 Å². The Bertz CT molecular complexity index is 784. The van der Waals surface area contributed by atoms with Crippen LogP contribution in [-0.2, 0) is 17.8 Å². The van der Waals surface area contributed by atoms with Crippen molar-refractivity contribution in [2.45, 2.75) is 13.0 Å². The van der Waals surface area contributed by atoms with Crippen molar-refractivity contribution in [1.82, 2.24) is 10.6 Å². The Morgan fingerprint density at radius 1 is 1.14 bits per heavy atom. The Labute approximate surface area is 182 Å². The minimum absolute atomic E-state index is 0. The van der Waals surface area contributed by atoms with Crippen molar-refractivity contribution in [3.63, 3.8) is 0 Å². The number of hydrogen-bond donors (Lipinski definition) is 3. The molecule has 0 fully saturated rings. The van der Waals surface area contributed by atoms with E-state index in [1.54, 1.807) is 20.2 Å². The molecule has 0 saturated heterocycles. The number of carbonyl (C=O) groups excluding carboxylic acids is 1. The van der Waals surface area contributed by atoms with E-state index >= 15 is 0 Å². The second kappa shape index (κ2) is 12.8. The van der Waals surface area contributed by atoms with Gasteiger partial charge in [-0.15, -0.1) is 24.0 Å². The first-order valence-electron chi connectivity index (χ1n) is 8.69. The van der Waals surface area contributed by atoms with E-state index in [-0.39, 0.29) is 30.6 Å². The first-order valence-corrected chi connectivity index (χ1v) is 8.69. The van der Waals surface area contributed by atoms with Gasteiger partial charge >= 0.3 is 0 Å². The summed E-state index contributed by atoms with van der Waals surface area (Å²) in [5.41, 5.74) is 7.24. The summed E-state index contributed by atoms with van der Waals surface area (Å²) in [6.07, 6.45) is 0.821. The number of guanidine groups is 1. The summed E-state index contributed by atoms with van der Waals surface area (Å²) in [6, 6.07) is 15.4. The molecule has 0 atom stereocenters. The molecule has 28 heavy (non-hydrogen) atoms. The zero-order valence-electron chi connectivity index (χ0n) is 16.1. The maximum Gasteiger partial charge on any atom is 0.255 e. The number of hydrogen-bond acceptors (Lipinski definition) is 4. The third-order valence-electron chi connectivity index (χ3n) is 3.84. The molecule has 2 aromatic rings. The predicted octanol–water partition coefficient (Wildman–Crippen LogP) is 2.08. The quantitative estimate of drug-likeness (QED) is 0.280. The fourth-order valence-electron chi connectivity index (χ4n) is 2.53. The Morgan fingerprint density at radius 3 is 2.64 bits per heavy atom. The Morgan fingerprint density at radius 2 is 1.93 bits per heavy atom. The summed E-state index contributed by atoms with van der Waals surface area (Å²) < 4.78 is 10.7. The van der Waals surface area contributed by atoms with Crippen molar-refractivity contribution in [2.75, 3.05) is 27.3 Å². The number of aliphatic imine (C=N–C) groups is 1. The van der Waals surface area contributed by atoms with Gasteiger partial charge in [-0.3, -0.25) is 9.79 Å². The van der Waals surface area contributed by atoms with Gasteiger partial charge < -0.3 is 25.8 Å². The van der Waals surface area contributed by atoms with Crippen LogP contribution < -0.4 is 25.8 Å². The summed E-state index contributed by atoms with van der Waals surface area (Å²) in [5.74, 6) is 1.69. The molecule has 7 nitrogen and oxygen atoms in total. The van der Waals surface area contributed by atoms with Gasteiger partial charge in [0.05, 0.1) is 7.11 Å². The highest BCUT2D eigenvalue weighted by Crippen LogP contribution is 2.17. The van der Waals surface area contributed by atoms with Gasteiger partial charge in [0.25, 0.3) is 5.91 Å². The van der Waals surface area contributed by atoms with E-state index in [4.69, 9.17) is 15.2 Å². The van der Waals surface area contributed by atoms with Gasteiger partial charge in [-0.1, -0.05) is 30.3 Å². The number of halogens is 1. The molecule has 0 saturated carbocycles. The van der Waals surface area contributed by atoms with Crippen molar-refractivity contribution < 1.29 is 14.3 Å². The molecule has 0 aromatic heterocycles. The number of benzene rings is 2. The lowest BCUT2D eigenvalue weighted by atomic mass is 10.1. The van der Waals surface area contributed by atoms with Crippen LogP contribution in [0.2, 0.25) is 0 Å². The number of methoxy groups -OCH3 is 1. The van der Waals surface area contributed by atoms with E-state index in [1.807, 2.05) is 42.5 Å². The number of primary amides is 1. The zero-order valence-corrected chi connectivity index (χ0v) is 18.4. The zero-order chi connectivity index (χ0) is 19.5. The molecule has 0 unspecified atom stereocenters. The van der Waals surface area contributed by atoms with Crippen molar-refractivity contribution >= 4 is 35.8 Å². The van der Waals surface area contributed by atoms with Crippen LogP contribution in [0.3, 0.4) is 0 Å². The lowest BCUT2D eigenvalue weighted by Crippen LogP contribution is -2.37. The largest absolute Gasteiger partial charge is 0.496 e. The van der Waals surface area contributed by atoms with Gasteiger partial charge in [-0.2, -0.15) is 0 Å². The summed E-state index contributed by atoms with van der Waals surface area (Å²) in [6.45, 7) is 1.16. The summed E-state index contributed by atoms with van der Waals surface area (Å²) >= 11 is 0. The molecule has 2 rings (SSSR count). The Balaban J connectivity index is 0.00000392. The molecule has 2 aromatic carbocycles. The van der Waals surface area contributed by atoms with Crippen LogP contribution in [-0.4, -0.2) is 39.2 Å². The average molecular weight is 498 g/mol. The molecule has 8 heteroatoms. The van der Waals surface area contributed by atoms with Crippen molar-refractivity contribution in [3.05, 3.63) is 59.7 Å². The molecule has 0 bridgehead atoms. The van der Waals surface area contributed by atoms with Crippen LogP contribution >= 0.6 is 24.0 Å². The van der Waals surface area contributed by atoms with Crippen molar-refractivity contribution in [2.24, 2.45) is 10.7 Å². The third-order valence-corrected chi connectivity index (χ3v) is 3.84. The average Bonchev–Trinajstić information content (AvgIpc) is 2.69. The lowest BCUT2D eigenvalue weighted by molar-refractivity contribution is -0.119. The van der Waals surface area contributed by atoms with Crippen LogP contribution in [0.5, 0.6) is 11.5 Å². The number of para-hydroxylation sites is 1. The number of amides is 1. The maximum absolute atomic E-state index is 10.8. The van der Waals surface area contributed by atoms with Gasteiger partial charge in [0, 0.05) is 20.1 Å². The summed E-state index contributed by atoms with van der Waals surface area (Å²) in [5, 5.41) is 6.54. The van der Waals surface area contributed by atoms with Crippen molar-refractivity contribution in [3.8, 4) is 11.5 Å². The van der Waals surface area contributed by atoms with E-state index in [1.165, 1.54) is 0 Å². The van der Waals surface area contributed by atoms with E-state index < -0.39 is 5.91 Å². The van der Waals surface area contributed by atoms with Crippen LogP contribution in [0.1, 0.15) is 11.1 Å². The molecule has 0 heterocycles. The standard InChI is InChI=1S/C20H26N4O3.HI/c1-22-20(23-11-10-16-7-3-4-9-18(16)26-2)24-13-15-6-5-8-17(12-15)27-14-19(21)25;/h3-9,12H,10-11,13-14H2,1-2H3,(H2,21,25)(H2,22,23,24);1H. The molecule has 0 radical (unpaired) electrons. The molecule has 152 valence electrons. The van der Waals surface area contributed by atoms with Crippen LogP contribution in [0.25, 0.3) is 0 Å². The fraction of sp³-hybridized carbons (Fsp3) is 0.300. The second-order valence-corrected chi connectivity index (χ2v) is 5.82. The molecule has 1 amide bonds. The molecular weight excluding hydrogens is 471 g/mol. The Hall–Kier alpha value is -2.49. The summed E-state index contributed by atoms with van der Waals surface area (Å²) in [4.78, 5) is 15.0.